The summed E-state index contributed by atoms with van der Waals surface area (Å²) in [4.78, 5) is 12.2. The lowest BCUT2D eigenvalue weighted by molar-refractivity contribution is -0.133. The molecule has 1 amide bonds. The molecule has 6 nitrogen and oxygen atoms in total. The van der Waals surface area contributed by atoms with Crippen LogP contribution >= 0.6 is 22.6 Å². The number of carbonyl (C=O) groups is 1. The number of nitrogens with one attached hydrogen (secondary N) is 1. The van der Waals surface area contributed by atoms with E-state index in [1.165, 1.54) is 11.6 Å². The molecule has 0 radical (unpaired) electrons. The molecule has 2 rings (SSSR count). The Balaban J connectivity index is 2.10. The quantitative estimate of drug-likeness (QED) is 0.756. The Bertz CT molecular complexity index is 746. The number of halogens is 1. The summed E-state index contributed by atoms with van der Waals surface area (Å²) in [5, 5.41) is 26.0. The van der Waals surface area contributed by atoms with Gasteiger partial charge in [-0.05, 0) is 60.2 Å². The minimum absolute atomic E-state index is 0.0527. The molecule has 0 aliphatic carbocycles. The van der Waals surface area contributed by atoms with E-state index in [1.807, 2.05) is 0 Å². The van der Waals surface area contributed by atoms with Crippen LogP contribution in [0.2, 0.25) is 0 Å². The number of anilines is 1. The van der Waals surface area contributed by atoms with Crippen molar-refractivity contribution in [3.63, 3.8) is 0 Å². The second kappa shape index (κ2) is 6.46. The molecule has 0 aliphatic heterocycles. The first-order chi connectivity index (χ1) is 10.3. The molecule has 1 heterocycles. The van der Waals surface area contributed by atoms with Gasteiger partial charge in [-0.25, -0.2) is 0 Å². The Kier molecular flexibility index (Phi) is 4.83. The van der Waals surface area contributed by atoms with Crippen LogP contribution in [0.25, 0.3) is 0 Å². The number of carbonyl (C=O) groups excluding carboxylic acids is 1. The summed E-state index contributed by atoms with van der Waals surface area (Å²) >= 11 is 2.11. The molecule has 7 heteroatoms. The fraction of sp³-hybridized carbons (Fsp3) is 0.267. The highest BCUT2D eigenvalue weighted by molar-refractivity contribution is 14.1. The smallest absolute Gasteiger partial charge is 0.257 e. The minimum atomic E-state index is -1.60. The fourth-order valence-electron chi connectivity index (χ4n) is 1.94. The molecular weight excluding hydrogens is 395 g/mol. The van der Waals surface area contributed by atoms with E-state index in [4.69, 9.17) is 5.26 Å². The molecule has 2 N–H and O–H groups in total. The molecule has 1 aromatic heterocycles. The summed E-state index contributed by atoms with van der Waals surface area (Å²) in [5.41, 5.74) is 0.256. The predicted molar refractivity (Wildman–Crippen MR) is 90.1 cm³/mol. The number of nitriles is 1. The maximum atomic E-state index is 12.2. The van der Waals surface area contributed by atoms with Gasteiger partial charge in [-0.1, -0.05) is 0 Å². The Labute approximate surface area is 141 Å². The van der Waals surface area contributed by atoms with Crippen LogP contribution in [0, 0.1) is 21.8 Å². The van der Waals surface area contributed by atoms with Gasteiger partial charge in [-0.3, -0.25) is 9.48 Å². The Morgan fingerprint density at radius 2 is 2.32 bits per heavy atom. The Morgan fingerprint density at radius 3 is 2.86 bits per heavy atom. The van der Waals surface area contributed by atoms with E-state index in [0.717, 1.165) is 9.13 Å². The average Bonchev–Trinajstić information content (AvgIpc) is 2.83. The van der Waals surface area contributed by atoms with Crippen LogP contribution in [0.1, 0.15) is 18.1 Å². The zero-order valence-corrected chi connectivity index (χ0v) is 14.3. The number of aliphatic hydroxyl groups is 1. The van der Waals surface area contributed by atoms with Crippen molar-refractivity contribution in [3.05, 3.63) is 45.3 Å². The molecular formula is C15H15IN4O2. The molecule has 0 fully saturated rings. The zero-order chi connectivity index (χ0) is 16.3. The molecule has 0 unspecified atom stereocenters. The van der Waals surface area contributed by atoms with Crippen LogP contribution < -0.4 is 5.32 Å². The van der Waals surface area contributed by atoms with Crippen molar-refractivity contribution in [2.75, 3.05) is 5.32 Å². The number of amides is 1. The highest BCUT2D eigenvalue weighted by Crippen LogP contribution is 2.17. The third-order valence-corrected chi connectivity index (χ3v) is 3.72. The van der Waals surface area contributed by atoms with E-state index in [1.54, 1.807) is 37.5 Å². The van der Waals surface area contributed by atoms with Crippen LogP contribution in [-0.4, -0.2) is 26.4 Å². The van der Waals surface area contributed by atoms with Gasteiger partial charge in [0.05, 0.1) is 27.9 Å². The van der Waals surface area contributed by atoms with Gasteiger partial charge in [0.2, 0.25) is 0 Å². The minimum Gasteiger partial charge on any atom is -0.378 e. The summed E-state index contributed by atoms with van der Waals surface area (Å²) < 4.78 is 2.45. The highest BCUT2D eigenvalue weighted by Gasteiger charge is 2.31. The number of rotatable bonds is 4. The number of nitrogens with zero attached hydrogens (tertiary/aromatic N) is 3. The molecule has 2 aromatic rings. The normalized spacial score (nSPS) is 13.2. The summed E-state index contributed by atoms with van der Waals surface area (Å²) in [6, 6.07) is 7.03. The molecule has 0 bridgehead atoms. The van der Waals surface area contributed by atoms with E-state index in [-0.39, 0.29) is 6.54 Å². The van der Waals surface area contributed by atoms with Crippen LogP contribution in [0.15, 0.2) is 30.6 Å². The zero-order valence-electron chi connectivity index (χ0n) is 12.2. The lowest BCUT2D eigenvalue weighted by Crippen LogP contribution is -2.43. The number of hydrogen-bond donors (Lipinski definition) is 2. The second-order valence-electron chi connectivity index (χ2n) is 5.23. The van der Waals surface area contributed by atoms with Crippen LogP contribution in [0.4, 0.5) is 5.69 Å². The van der Waals surface area contributed by atoms with Gasteiger partial charge in [-0.15, -0.1) is 0 Å². The van der Waals surface area contributed by atoms with Crippen molar-refractivity contribution in [2.24, 2.45) is 0 Å². The number of aryl methyl sites for hydroxylation is 1. The SMILES string of the molecule is Cc1cc(NC(=O)[C@@](C)(O)Cn2cc(I)cn2)ccc1C#N. The molecule has 22 heavy (non-hydrogen) atoms. The molecule has 0 spiro atoms. The summed E-state index contributed by atoms with van der Waals surface area (Å²) in [5.74, 6) is -0.526. The van der Waals surface area contributed by atoms with Crippen molar-refractivity contribution in [1.82, 2.24) is 9.78 Å². The van der Waals surface area contributed by atoms with E-state index in [9.17, 15) is 9.90 Å². The topological polar surface area (TPSA) is 90.9 Å². The summed E-state index contributed by atoms with van der Waals surface area (Å²) in [6.45, 7) is 3.28. The van der Waals surface area contributed by atoms with Gasteiger partial charge < -0.3 is 10.4 Å². The maximum Gasteiger partial charge on any atom is 0.257 e. The summed E-state index contributed by atoms with van der Waals surface area (Å²) in [7, 11) is 0. The Hall–Kier alpha value is -1.92. The maximum absolute atomic E-state index is 12.2. The first kappa shape index (κ1) is 16.5. The van der Waals surface area contributed by atoms with E-state index in [2.05, 4.69) is 39.1 Å². The number of benzene rings is 1. The van der Waals surface area contributed by atoms with Crippen molar-refractivity contribution in [3.8, 4) is 6.07 Å². The number of aromatic nitrogens is 2. The lowest BCUT2D eigenvalue weighted by Gasteiger charge is -2.22. The number of hydrogen-bond acceptors (Lipinski definition) is 4. The van der Waals surface area contributed by atoms with Crippen molar-refractivity contribution in [2.45, 2.75) is 26.0 Å². The highest BCUT2D eigenvalue weighted by atomic mass is 127. The van der Waals surface area contributed by atoms with Gasteiger partial charge in [0.15, 0.2) is 5.60 Å². The Morgan fingerprint density at radius 1 is 1.59 bits per heavy atom. The molecule has 0 saturated carbocycles. The monoisotopic (exact) mass is 410 g/mol. The molecule has 1 aromatic carbocycles. The fourth-order valence-corrected chi connectivity index (χ4v) is 2.39. The van der Waals surface area contributed by atoms with Gasteiger partial charge >= 0.3 is 0 Å². The molecule has 114 valence electrons. The third-order valence-electron chi connectivity index (χ3n) is 3.17. The van der Waals surface area contributed by atoms with E-state index >= 15 is 0 Å². The van der Waals surface area contributed by atoms with E-state index in [0.29, 0.717) is 11.3 Å². The second-order valence-corrected chi connectivity index (χ2v) is 6.47. The van der Waals surface area contributed by atoms with Crippen LogP contribution in [-0.2, 0) is 11.3 Å². The largest absolute Gasteiger partial charge is 0.378 e. The van der Waals surface area contributed by atoms with Crippen LogP contribution in [0.5, 0.6) is 0 Å². The third kappa shape index (κ3) is 3.84. The van der Waals surface area contributed by atoms with Crippen molar-refractivity contribution >= 4 is 34.2 Å². The van der Waals surface area contributed by atoms with Crippen molar-refractivity contribution < 1.29 is 9.90 Å². The van der Waals surface area contributed by atoms with Gasteiger partial charge in [0.1, 0.15) is 0 Å². The average molecular weight is 410 g/mol. The first-order valence-corrected chi connectivity index (χ1v) is 7.62. The molecule has 0 saturated heterocycles. The van der Waals surface area contributed by atoms with Crippen LogP contribution in [0.3, 0.4) is 0 Å². The standard InChI is InChI=1S/C15H15IN4O2/c1-10-5-13(4-3-11(10)6-17)19-14(21)15(2,22)9-20-8-12(16)7-18-20/h3-5,7-8,22H,9H2,1-2H3,(H,19,21)/t15-/m0/s1. The van der Waals surface area contributed by atoms with Gasteiger partial charge in [-0.2, -0.15) is 10.4 Å². The first-order valence-electron chi connectivity index (χ1n) is 6.54. The predicted octanol–water partition coefficient (Wildman–Crippen LogP) is 2.06. The summed E-state index contributed by atoms with van der Waals surface area (Å²) in [6.07, 6.45) is 3.40. The van der Waals surface area contributed by atoms with Crippen molar-refractivity contribution in [1.29, 1.82) is 5.26 Å². The van der Waals surface area contributed by atoms with Gasteiger partial charge in [0, 0.05) is 11.9 Å². The van der Waals surface area contributed by atoms with Gasteiger partial charge in [0.25, 0.3) is 5.91 Å². The van der Waals surface area contributed by atoms with E-state index < -0.39 is 11.5 Å². The molecule has 1 atom stereocenters. The molecule has 0 aliphatic rings. The lowest BCUT2D eigenvalue weighted by atomic mass is 10.1.